The second-order valence-electron chi connectivity index (χ2n) is 5.49. The lowest BCUT2D eigenvalue weighted by atomic mass is 9.94. The topological polar surface area (TPSA) is 76.7 Å². The van der Waals surface area contributed by atoms with Crippen LogP contribution in [0.4, 0.5) is 0 Å². The predicted octanol–water partition coefficient (Wildman–Crippen LogP) is 0.705. The van der Waals surface area contributed by atoms with Gasteiger partial charge in [0.15, 0.2) is 5.79 Å². The van der Waals surface area contributed by atoms with E-state index in [2.05, 4.69) is 10.6 Å². The average molecular weight is 284 g/mol. The van der Waals surface area contributed by atoms with Crippen LogP contribution in [0.3, 0.4) is 0 Å². The van der Waals surface area contributed by atoms with Gasteiger partial charge in [-0.3, -0.25) is 9.59 Å². The maximum atomic E-state index is 11.6. The molecule has 1 heterocycles. The Morgan fingerprint density at radius 3 is 2.55 bits per heavy atom. The smallest absolute Gasteiger partial charge is 0.309 e. The number of carbonyl (C=O) groups excluding carboxylic acids is 2. The van der Waals surface area contributed by atoms with E-state index in [1.807, 2.05) is 6.92 Å². The van der Waals surface area contributed by atoms with Gasteiger partial charge >= 0.3 is 11.8 Å². The number of carbonyl (C=O) groups is 2. The summed E-state index contributed by atoms with van der Waals surface area (Å²) in [5.74, 6) is -1.62. The highest BCUT2D eigenvalue weighted by Crippen LogP contribution is 2.37. The van der Waals surface area contributed by atoms with Crippen LogP contribution in [-0.4, -0.2) is 43.4 Å². The molecule has 0 aromatic heterocycles. The van der Waals surface area contributed by atoms with Crippen LogP contribution in [0, 0.1) is 0 Å². The molecule has 6 nitrogen and oxygen atoms in total. The quantitative estimate of drug-likeness (QED) is 0.745. The minimum atomic E-state index is -0.605. The fourth-order valence-corrected chi connectivity index (χ4v) is 2.68. The summed E-state index contributed by atoms with van der Waals surface area (Å²) in [7, 11) is 0. The second kappa shape index (κ2) is 7.04. The number of ether oxygens (including phenoxy) is 2. The summed E-state index contributed by atoms with van der Waals surface area (Å²) in [6.45, 7) is 3.25. The molecule has 0 aromatic rings. The number of hydrogen-bond donors (Lipinski definition) is 2. The molecule has 1 saturated carbocycles. The molecule has 20 heavy (non-hydrogen) atoms. The van der Waals surface area contributed by atoms with Crippen molar-refractivity contribution < 1.29 is 19.1 Å². The van der Waals surface area contributed by atoms with Crippen molar-refractivity contribution >= 4 is 11.8 Å². The SMILES string of the molecule is CCCNC(=O)C(=O)NCC1COC2(CCCCC2)O1. The van der Waals surface area contributed by atoms with Gasteiger partial charge in [-0.05, 0) is 19.3 Å². The van der Waals surface area contributed by atoms with E-state index < -0.39 is 17.6 Å². The van der Waals surface area contributed by atoms with Gasteiger partial charge in [-0.15, -0.1) is 0 Å². The molecule has 2 N–H and O–H groups in total. The van der Waals surface area contributed by atoms with Crippen LogP contribution in [0.15, 0.2) is 0 Å². The summed E-state index contributed by atoms with van der Waals surface area (Å²) in [4.78, 5) is 23.0. The van der Waals surface area contributed by atoms with E-state index in [9.17, 15) is 9.59 Å². The molecule has 2 rings (SSSR count). The molecular weight excluding hydrogens is 260 g/mol. The third-order valence-corrected chi connectivity index (χ3v) is 3.76. The summed E-state index contributed by atoms with van der Waals surface area (Å²) in [5, 5.41) is 5.14. The predicted molar refractivity (Wildman–Crippen MR) is 73.0 cm³/mol. The van der Waals surface area contributed by atoms with Crippen LogP contribution in [0.25, 0.3) is 0 Å². The van der Waals surface area contributed by atoms with Crippen molar-refractivity contribution in [1.29, 1.82) is 0 Å². The van der Waals surface area contributed by atoms with E-state index in [1.54, 1.807) is 0 Å². The molecule has 2 aliphatic rings. The first-order valence-corrected chi connectivity index (χ1v) is 7.53. The van der Waals surface area contributed by atoms with Crippen LogP contribution in [0.1, 0.15) is 45.4 Å². The molecule has 1 atom stereocenters. The lowest BCUT2D eigenvalue weighted by Gasteiger charge is -2.31. The second-order valence-corrected chi connectivity index (χ2v) is 5.49. The van der Waals surface area contributed by atoms with Crippen LogP contribution in [-0.2, 0) is 19.1 Å². The maximum Gasteiger partial charge on any atom is 0.309 e. The van der Waals surface area contributed by atoms with E-state index in [0.717, 1.165) is 32.1 Å². The lowest BCUT2D eigenvalue weighted by molar-refractivity contribution is -0.186. The van der Waals surface area contributed by atoms with E-state index in [-0.39, 0.29) is 6.10 Å². The fraction of sp³-hybridized carbons (Fsp3) is 0.857. The molecule has 2 fully saturated rings. The standard InChI is InChI=1S/C14H24N2O4/c1-2-8-15-12(17)13(18)16-9-11-10-19-14(20-11)6-4-3-5-7-14/h11H,2-10H2,1H3,(H,15,17)(H,16,18). The highest BCUT2D eigenvalue weighted by atomic mass is 16.7. The van der Waals surface area contributed by atoms with Gasteiger partial charge < -0.3 is 20.1 Å². The number of nitrogens with one attached hydrogen (secondary N) is 2. The lowest BCUT2D eigenvalue weighted by Crippen LogP contribution is -2.43. The van der Waals surface area contributed by atoms with Crippen LogP contribution >= 0.6 is 0 Å². The van der Waals surface area contributed by atoms with Crippen LogP contribution in [0.5, 0.6) is 0 Å². The summed E-state index contributed by atoms with van der Waals surface area (Å²) in [6, 6.07) is 0. The minimum absolute atomic E-state index is 0.156. The first kappa shape index (κ1) is 15.3. The zero-order chi connectivity index (χ0) is 14.4. The highest BCUT2D eigenvalue weighted by Gasteiger charge is 2.42. The Balaban J connectivity index is 1.70. The van der Waals surface area contributed by atoms with Gasteiger partial charge in [0.1, 0.15) is 6.10 Å². The van der Waals surface area contributed by atoms with Gasteiger partial charge in [0, 0.05) is 25.9 Å². The van der Waals surface area contributed by atoms with Crippen molar-refractivity contribution in [3.8, 4) is 0 Å². The average Bonchev–Trinajstić information content (AvgIpc) is 2.85. The maximum absolute atomic E-state index is 11.6. The first-order chi connectivity index (χ1) is 9.65. The van der Waals surface area contributed by atoms with Crippen molar-refractivity contribution in [2.24, 2.45) is 0 Å². The third-order valence-electron chi connectivity index (χ3n) is 3.76. The number of hydrogen-bond acceptors (Lipinski definition) is 4. The largest absolute Gasteiger partial charge is 0.348 e. The number of amides is 2. The van der Waals surface area contributed by atoms with E-state index >= 15 is 0 Å². The Kier molecular flexibility index (Phi) is 5.37. The first-order valence-electron chi connectivity index (χ1n) is 7.53. The van der Waals surface area contributed by atoms with Crippen molar-refractivity contribution in [2.75, 3.05) is 19.7 Å². The molecule has 0 aromatic carbocycles. The van der Waals surface area contributed by atoms with Gasteiger partial charge in [-0.1, -0.05) is 13.3 Å². The molecule has 1 aliphatic heterocycles. The summed E-state index contributed by atoms with van der Waals surface area (Å²) in [5.41, 5.74) is 0. The minimum Gasteiger partial charge on any atom is -0.348 e. The van der Waals surface area contributed by atoms with E-state index in [0.29, 0.717) is 19.7 Å². The molecule has 1 spiro atoms. The zero-order valence-electron chi connectivity index (χ0n) is 12.1. The molecular formula is C14H24N2O4. The third kappa shape index (κ3) is 3.93. The van der Waals surface area contributed by atoms with E-state index in [4.69, 9.17) is 9.47 Å². The molecule has 6 heteroatoms. The van der Waals surface area contributed by atoms with Crippen LogP contribution in [0.2, 0.25) is 0 Å². The normalized spacial score (nSPS) is 24.6. The van der Waals surface area contributed by atoms with E-state index in [1.165, 1.54) is 6.42 Å². The molecule has 1 saturated heterocycles. The van der Waals surface area contributed by atoms with Gasteiger partial charge in [0.2, 0.25) is 0 Å². The van der Waals surface area contributed by atoms with Gasteiger partial charge in [0.05, 0.1) is 6.61 Å². The Bertz CT molecular complexity index is 353. The fourth-order valence-electron chi connectivity index (χ4n) is 2.68. The van der Waals surface area contributed by atoms with Crippen LogP contribution < -0.4 is 10.6 Å². The summed E-state index contributed by atoms with van der Waals surface area (Å²) in [6.07, 6.45) is 5.98. The monoisotopic (exact) mass is 284 g/mol. The highest BCUT2D eigenvalue weighted by molar-refractivity contribution is 6.35. The molecule has 0 radical (unpaired) electrons. The molecule has 0 bridgehead atoms. The molecule has 114 valence electrons. The van der Waals surface area contributed by atoms with Crippen molar-refractivity contribution in [3.63, 3.8) is 0 Å². The van der Waals surface area contributed by atoms with Crippen molar-refractivity contribution in [3.05, 3.63) is 0 Å². The van der Waals surface area contributed by atoms with Crippen molar-refractivity contribution in [2.45, 2.75) is 57.3 Å². The Morgan fingerprint density at radius 2 is 1.85 bits per heavy atom. The summed E-state index contributed by atoms with van der Waals surface area (Å²) >= 11 is 0. The molecule has 1 aliphatic carbocycles. The van der Waals surface area contributed by atoms with Gasteiger partial charge in [-0.25, -0.2) is 0 Å². The molecule has 2 amide bonds. The Labute approximate surface area is 119 Å². The zero-order valence-corrected chi connectivity index (χ0v) is 12.1. The van der Waals surface area contributed by atoms with Crippen molar-refractivity contribution in [1.82, 2.24) is 10.6 Å². The Hall–Kier alpha value is -1.14. The number of rotatable bonds is 4. The Morgan fingerprint density at radius 1 is 1.15 bits per heavy atom. The molecule has 1 unspecified atom stereocenters. The summed E-state index contributed by atoms with van der Waals surface area (Å²) < 4.78 is 11.7. The van der Waals surface area contributed by atoms with Gasteiger partial charge in [-0.2, -0.15) is 0 Å². The van der Waals surface area contributed by atoms with Gasteiger partial charge in [0.25, 0.3) is 0 Å².